The highest BCUT2D eigenvalue weighted by Crippen LogP contribution is 2.40. The van der Waals surface area contributed by atoms with Crippen LogP contribution in [0.1, 0.15) is 26.7 Å². The smallest absolute Gasteiger partial charge is 0.127 e. The first-order chi connectivity index (χ1) is 14.5. The number of hydrogen-bond acceptors (Lipinski definition) is 3. The largest absolute Gasteiger partial charge is 0.496 e. The lowest BCUT2D eigenvalue weighted by Gasteiger charge is -2.15. The van der Waals surface area contributed by atoms with Gasteiger partial charge in [-0.25, -0.2) is 0 Å². The molecule has 4 rings (SSSR count). The topological polar surface area (TPSA) is 33.3 Å². The second kappa shape index (κ2) is 9.01. The zero-order valence-electron chi connectivity index (χ0n) is 17.8. The van der Waals surface area contributed by atoms with E-state index in [0.717, 1.165) is 51.8 Å². The molecule has 1 aliphatic carbocycles. The minimum atomic E-state index is 0.397. The maximum atomic E-state index is 6.71. The van der Waals surface area contributed by atoms with Crippen molar-refractivity contribution in [1.82, 2.24) is 0 Å². The molecule has 0 amide bonds. The summed E-state index contributed by atoms with van der Waals surface area (Å²) in [6, 6.07) is 21.3. The number of benzene rings is 3. The van der Waals surface area contributed by atoms with E-state index in [9.17, 15) is 0 Å². The molecule has 1 saturated carbocycles. The van der Waals surface area contributed by atoms with Crippen molar-refractivity contribution >= 4 is 23.0 Å². The molecule has 2 N–H and O–H groups in total. The minimum Gasteiger partial charge on any atom is -0.496 e. The lowest BCUT2D eigenvalue weighted by atomic mass is 9.98. The molecule has 1 fully saturated rings. The van der Waals surface area contributed by atoms with Crippen molar-refractivity contribution in [1.29, 1.82) is 0 Å². The number of methoxy groups -OCH3 is 1. The first kappa shape index (κ1) is 20.6. The summed E-state index contributed by atoms with van der Waals surface area (Å²) in [5.41, 5.74) is 6.38. The molecule has 0 saturated heterocycles. The third-order valence-electron chi connectivity index (χ3n) is 5.43. The van der Waals surface area contributed by atoms with E-state index in [1.165, 1.54) is 12.8 Å². The lowest BCUT2D eigenvalue weighted by Crippen LogP contribution is -2.09. The maximum absolute atomic E-state index is 6.71. The molecule has 3 aromatic carbocycles. The van der Waals surface area contributed by atoms with Crippen LogP contribution in [0.25, 0.3) is 22.3 Å². The Kier molecular flexibility index (Phi) is 6.19. The normalized spacial score (nSPS) is 13.4. The summed E-state index contributed by atoms with van der Waals surface area (Å²) in [6.45, 7) is 5.32. The predicted molar refractivity (Wildman–Crippen MR) is 129 cm³/mol. The highest BCUT2D eigenvalue weighted by atomic mass is 35.5. The third-order valence-corrected chi connectivity index (χ3v) is 5.74. The van der Waals surface area contributed by atoms with Crippen molar-refractivity contribution < 1.29 is 4.74 Å². The predicted octanol–water partition coefficient (Wildman–Crippen LogP) is 7.32. The Balaban J connectivity index is 1.58. The van der Waals surface area contributed by atoms with E-state index >= 15 is 0 Å². The third kappa shape index (κ3) is 4.91. The summed E-state index contributed by atoms with van der Waals surface area (Å²) >= 11 is 6.71. The number of rotatable bonds is 8. The Morgan fingerprint density at radius 3 is 2.07 bits per heavy atom. The molecule has 156 valence electrons. The fourth-order valence-electron chi connectivity index (χ4n) is 3.60. The highest BCUT2D eigenvalue weighted by Gasteiger charge is 2.20. The van der Waals surface area contributed by atoms with Crippen molar-refractivity contribution in [3.8, 4) is 28.0 Å². The highest BCUT2D eigenvalue weighted by molar-refractivity contribution is 6.33. The SMILES string of the molecule is COc1cc(-c2ccc(NC(C)C)cc2)c(Cl)cc1-c1ccc(NCC2CC2)cc1. The summed E-state index contributed by atoms with van der Waals surface area (Å²) < 4.78 is 5.72. The van der Waals surface area contributed by atoms with Gasteiger partial charge in [0.2, 0.25) is 0 Å². The molecule has 1 aliphatic rings. The first-order valence-electron chi connectivity index (χ1n) is 10.6. The van der Waals surface area contributed by atoms with Crippen molar-refractivity contribution in [2.24, 2.45) is 5.92 Å². The average molecular weight is 421 g/mol. The van der Waals surface area contributed by atoms with E-state index in [2.05, 4.69) is 73.0 Å². The lowest BCUT2D eigenvalue weighted by molar-refractivity contribution is 0.416. The Bertz CT molecular complexity index is 993. The van der Waals surface area contributed by atoms with Crippen molar-refractivity contribution in [3.05, 3.63) is 65.7 Å². The van der Waals surface area contributed by atoms with Crippen LogP contribution in [-0.4, -0.2) is 19.7 Å². The van der Waals surface area contributed by atoms with E-state index in [0.29, 0.717) is 11.1 Å². The molecule has 0 unspecified atom stereocenters. The van der Waals surface area contributed by atoms with Crippen LogP contribution in [-0.2, 0) is 0 Å². The van der Waals surface area contributed by atoms with Crippen LogP contribution in [0, 0.1) is 5.92 Å². The van der Waals surface area contributed by atoms with Gasteiger partial charge in [-0.2, -0.15) is 0 Å². The first-order valence-corrected chi connectivity index (χ1v) is 11.0. The second-order valence-corrected chi connectivity index (χ2v) is 8.72. The fraction of sp³-hybridized carbons (Fsp3) is 0.308. The standard InChI is InChI=1S/C26H29ClN2O/c1-17(2)29-22-12-8-19(9-13-22)23-15-26(30-3)24(14-25(23)27)20-6-10-21(11-7-20)28-16-18-4-5-18/h6-15,17-18,28-29H,4-5,16H2,1-3H3. The van der Waals surface area contributed by atoms with Crippen LogP contribution < -0.4 is 15.4 Å². The maximum Gasteiger partial charge on any atom is 0.127 e. The summed E-state index contributed by atoms with van der Waals surface area (Å²) in [4.78, 5) is 0. The van der Waals surface area contributed by atoms with Crippen molar-refractivity contribution in [3.63, 3.8) is 0 Å². The molecule has 3 nitrogen and oxygen atoms in total. The van der Waals surface area contributed by atoms with Crippen molar-refractivity contribution in [2.75, 3.05) is 24.3 Å². The van der Waals surface area contributed by atoms with Gasteiger partial charge in [0.05, 0.1) is 7.11 Å². The summed E-state index contributed by atoms with van der Waals surface area (Å²) in [7, 11) is 1.71. The van der Waals surface area contributed by atoms with Gasteiger partial charge in [-0.15, -0.1) is 0 Å². The Hall–Kier alpha value is -2.65. The van der Waals surface area contributed by atoms with Crippen LogP contribution in [0.2, 0.25) is 5.02 Å². The molecule has 0 bridgehead atoms. The molecular weight excluding hydrogens is 392 g/mol. The molecule has 0 heterocycles. The molecule has 0 aromatic heterocycles. The molecule has 0 atom stereocenters. The van der Waals surface area contributed by atoms with Crippen LogP contribution in [0.15, 0.2) is 60.7 Å². The number of anilines is 2. The molecule has 4 heteroatoms. The second-order valence-electron chi connectivity index (χ2n) is 8.31. The number of nitrogens with one attached hydrogen (secondary N) is 2. The zero-order chi connectivity index (χ0) is 21.1. The van der Waals surface area contributed by atoms with E-state index in [4.69, 9.17) is 16.3 Å². The Morgan fingerprint density at radius 1 is 0.900 bits per heavy atom. The molecule has 0 aliphatic heterocycles. The molecular formula is C26H29ClN2O. The van der Waals surface area contributed by atoms with Crippen LogP contribution in [0.5, 0.6) is 5.75 Å². The fourth-order valence-corrected chi connectivity index (χ4v) is 3.87. The summed E-state index contributed by atoms with van der Waals surface area (Å²) in [5.74, 6) is 1.67. The molecule has 0 spiro atoms. The van der Waals surface area contributed by atoms with E-state index < -0.39 is 0 Å². The summed E-state index contributed by atoms with van der Waals surface area (Å²) in [6.07, 6.45) is 2.70. The van der Waals surface area contributed by atoms with Gasteiger partial charge in [0.25, 0.3) is 0 Å². The van der Waals surface area contributed by atoms with Gasteiger partial charge >= 0.3 is 0 Å². The van der Waals surface area contributed by atoms with Gasteiger partial charge in [-0.1, -0.05) is 35.9 Å². The monoisotopic (exact) mass is 420 g/mol. The van der Waals surface area contributed by atoms with Gasteiger partial charge < -0.3 is 15.4 Å². The average Bonchev–Trinajstić information content (AvgIpc) is 3.57. The van der Waals surface area contributed by atoms with Crippen molar-refractivity contribution in [2.45, 2.75) is 32.7 Å². The molecule has 30 heavy (non-hydrogen) atoms. The Morgan fingerprint density at radius 2 is 1.50 bits per heavy atom. The van der Waals surface area contributed by atoms with Gasteiger partial charge in [0, 0.05) is 40.1 Å². The number of halogens is 1. The summed E-state index contributed by atoms with van der Waals surface area (Å²) in [5, 5.41) is 7.64. The molecule has 3 aromatic rings. The zero-order valence-corrected chi connectivity index (χ0v) is 18.6. The number of hydrogen-bond donors (Lipinski definition) is 2. The van der Waals surface area contributed by atoms with Crippen LogP contribution in [0.4, 0.5) is 11.4 Å². The number of ether oxygens (including phenoxy) is 1. The van der Waals surface area contributed by atoms with E-state index in [1.54, 1.807) is 7.11 Å². The van der Waals surface area contributed by atoms with Gasteiger partial charge in [0.15, 0.2) is 0 Å². The van der Waals surface area contributed by atoms with Gasteiger partial charge in [0.1, 0.15) is 5.75 Å². The van der Waals surface area contributed by atoms with Gasteiger partial charge in [-0.05, 0) is 80.1 Å². The quantitative estimate of drug-likeness (QED) is 0.400. The van der Waals surface area contributed by atoms with Crippen LogP contribution >= 0.6 is 11.6 Å². The van der Waals surface area contributed by atoms with Crippen LogP contribution in [0.3, 0.4) is 0 Å². The molecule has 0 radical (unpaired) electrons. The van der Waals surface area contributed by atoms with Gasteiger partial charge in [-0.3, -0.25) is 0 Å². The van der Waals surface area contributed by atoms with E-state index in [-0.39, 0.29) is 0 Å². The minimum absolute atomic E-state index is 0.397. The Labute approximate surface area is 184 Å². The van der Waals surface area contributed by atoms with E-state index in [1.807, 2.05) is 12.1 Å².